The van der Waals surface area contributed by atoms with Crippen LogP contribution in [0.4, 0.5) is 15.9 Å². The normalized spacial score (nSPS) is 17.4. The Morgan fingerprint density at radius 3 is 2.62 bits per heavy atom. The summed E-state index contributed by atoms with van der Waals surface area (Å²) in [5, 5.41) is -0.478. The Morgan fingerprint density at radius 1 is 1.22 bits per heavy atom. The molecule has 2 saturated heterocycles. The highest BCUT2D eigenvalue weighted by Crippen LogP contribution is 2.38. The number of pyridine rings is 2. The zero-order chi connectivity index (χ0) is 32.2. The van der Waals surface area contributed by atoms with Crippen LogP contribution < -0.4 is 16.3 Å². The van der Waals surface area contributed by atoms with Gasteiger partial charge in [-0.05, 0) is 44.2 Å². The van der Waals surface area contributed by atoms with Gasteiger partial charge >= 0.3 is 5.69 Å². The van der Waals surface area contributed by atoms with Crippen molar-refractivity contribution < 1.29 is 22.3 Å². The number of sulfone groups is 1. The fourth-order valence-electron chi connectivity index (χ4n) is 5.70. The number of halogens is 2. The molecule has 0 radical (unpaired) electrons. The minimum Gasteiger partial charge on any atom is -0.398 e. The highest BCUT2D eigenvalue weighted by atomic mass is 35.5. The summed E-state index contributed by atoms with van der Waals surface area (Å²) >= 11 is 6.75. The van der Waals surface area contributed by atoms with Crippen molar-refractivity contribution in [1.29, 1.82) is 0 Å². The molecule has 45 heavy (non-hydrogen) atoms. The average Bonchev–Trinajstić information content (AvgIpc) is 2.96. The van der Waals surface area contributed by atoms with E-state index in [1.54, 1.807) is 11.8 Å². The quantitative estimate of drug-likeness (QED) is 0.243. The molecule has 0 saturated carbocycles. The number of anilines is 2. The van der Waals surface area contributed by atoms with Crippen LogP contribution in [0.2, 0.25) is 5.02 Å². The molecule has 2 N–H and O–H groups in total. The smallest absolute Gasteiger partial charge is 0.355 e. The molecule has 2 aliphatic rings. The number of piperazine rings is 1. The number of carbonyl (C=O) groups excluding carboxylic acids is 1. The molecule has 12 nitrogen and oxygen atoms in total. The molecule has 6 rings (SSSR count). The summed E-state index contributed by atoms with van der Waals surface area (Å²) in [6.45, 7) is 8.01. The molecule has 1 amide bonds. The van der Waals surface area contributed by atoms with Crippen molar-refractivity contribution in [3.63, 3.8) is 0 Å². The first-order valence-corrected chi connectivity index (χ1v) is 16.0. The summed E-state index contributed by atoms with van der Waals surface area (Å²) in [7, 11) is -3.97. The summed E-state index contributed by atoms with van der Waals surface area (Å²) in [6.07, 6.45) is 2.59. The van der Waals surface area contributed by atoms with Crippen molar-refractivity contribution in [3.8, 4) is 16.9 Å². The number of ether oxygens (including phenoxy) is 1. The Kier molecular flexibility index (Phi) is 7.83. The fourth-order valence-corrected chi connectivity index (χ4v) is 7.62. The molecule has 0 unspecified atom stereocenters. The molecular formula is C30H29ClFN7O5S. The van der Waals surface area contributed by atoms with E-state index in [1.807, 2.05) is 11.8 Å². The number of hydrogen-bond acceptors (Lipinski definition) is 10. The Morgan fingerprint density at radius 2 is 1.98 bits per heavy atom. The maximum Gasteiger partial charge on any atom is 0.355 e. The number of nitrogen functional groups attached to an aromatic ring is 1. The van der Waals surface area contributed by atoms with Crippen molar-refractivity contribution in [2.45, 2.75) is 30.0 Å². The number of aromatic nitrogens is 4. The van der Waals surface area contributed by atoms with Gasteiger partial charge < -0.3 is 20.3 Å². The predicted octanol–water partition coefficient (Wildman–Crippen LogP) is 2.92. The minimum atomic E-state index is -3.97. The summed E-state index contributed by atoms with van der Waals surface area (Å²) in [5.41, 5.74) is 5.42. The van der Waals surface area contributed by atoms with Gasteiger partial charge in [-0.15, -0.1) is 0 Å². The first-order valence-electron chi connectivity index (χ1n) is 14.1. The lowest BCUT2D eigenvalue weighted by atomic mass is 10.1. The van der Waals surface area contributed by atoms with E-state index in [0.717, 1.165) is 4.57 Å². The standard InChI is InChI=1S/C30H29ClFN7O5S/c1-4-24(40)37-10-11-38(16(2)13-37)28-19-12-20(31)26(25-21(32)6-5-7-22(25)33)35-29(19)39(30(41)36-28)27-17(3)34-9-8-23(27)45(42,43)18-14-44-15-18/h4-9,12,16,18H,1,10-11,13-15,33H2,2-3H3/t16-/m0/s1. The Labute approximate surface area is 262 Å². The summed E-state index contributed by atoms with van der Waals surface area (Å²) in [4.78, 5) is 43.2. The molecule has 2 aliphatic heterocycles. The van der Waals surface area contributed by atoms with Gasteiger partial charge in [0.1, 0.15) is 16.9 Å². The number of hydrogen-bond donors (Lipinski definition) is 1. The summed E-state index contributed by atoms with van der Waals surface area (Å²) in [6, 6.07) is 6.70. The lowest BCUT2D eigenvalue weighted by Crippen LogP contribution is -2.54. The average molecular weight is 654 g/mol. The molecule has 1 atom stereocenters. The van der Waals surface area contributed by atoms with Crippen LogP contribution in [0.15, 0.2) is 58.9 Å². The van der Waals surface area contributed by atoms with Gasteiger partial charge in [0.15, 0.2) is 15.5 Å². The molecule has 0 spiro atoms. The number of carbonyl (C=O) groups is 1. The number of nitrogens with zero attached hydrogens (tertiary/aromatic N) is 6. The Hall–Kier alpha value is -4.40. The molecule has 15 heteroatoms. The van der Waals surface area contributed by atoms with Gasteiger partial charge in [-0.1, -0.05) is 24.2 Å². The van der Waals surface area contributed by atoms with Crippen molar-refractivity contribution in [1.82, 2.24) is 24.4 Å². The van der Waals surface area contributed by atoms with E-state index in [4.69, 9.17) is 27.1 Å². The molecular weight excluding hydrogens is 625 g/mol. The van der Waals surface area contributed by atoms with E-state index in [9.17, 15) is 18.0 Å². The van der Waals surface area contributed by atoms with Crippen LogP contribution in [0.3, 0.4) is 0 Å². The fraction of sp³-hybridized carbons (Fsp3) is 0.300. The number of nitrogens with two attached hydrogens (primary N) is 1. The first kappa shape index (κ1) is 30.6. The van der Waals surface area contributed by atoms with Crippen LogP contribution >= 0.6 is 11.6 Å². The molecule has 2 fully saturated rings. The highest BCUT2D eigenvalue weighted by molar-refractivity contribution is 7.92. The van der Waals surface area contributed by atoms with Crippen LogP contribution in [0.5, 0.6) is 0 Å². The third-order valence-electron chi connectivity index (χ3n) is 8.12. The highest BCUT2D eigenvalue weighted by Gasteiger charge is 2.37. The van der Waals surface area contributed by atoms with Gasteiger partial charge in [-0.2, -0.15) is 4.98 Å². The summed E-state index contributed by atoms with van der Waals surface area (Å²) in [5.74, 6) is -0.677. The second-order valence-corrected chi connectivity index (χ2v) is 13.5. The van der Waals surface area contributed by atoms with Crippen LogP contribution in [-0.2, 0) is 19.4 Å². The second kappa shape index (κ2) is 11.5. The van der Waals surface area contributed by atoms with Crippen molar-refractivity contribution in [2.75, 3.05) is 43.5 Å². The second-order valence-electron chi connectivity index (χ2n) is 10.9. The van der Waals surface area contributed by atoms with Gasteiger partial charge in [0.05, 0.1) is 51.2 Å². The molecule has 1 aromatic carbocycles. The van der Waals surface area contributed by atoms with Gasteiger partial charge in [0.2, 0.25) is 5.91 Å². The van der Waals surface area contributed by atoms with Crippen molar-refractivity contribution in [2.24, 2.45) is 0 Å². The number of amides is 1. The number of rotatable bonds is 6. The SMILES string of the molecule is C=CC(=O)N1CCN(c2nc(=O)n(-c3c(S(=O)(=O)C4COC4)ccnc3C)c3nc(-c4c(N)cccc4F)c(Cl)cc23)[C@@H](C)C1. The maximum atomic E-state index is 15.2. The third-order valence-corrected chi connectivity index (χ3v) is 10.5. The Bertz CT molecular complexity index is 2030. The van der Waals surface area contributed by atoms with E-state index in [0.29, 0.717) is 25.0 Å². The van der Waals surface area contributed by atoms with Crippen molar-refractivity contribution >= 4 is 49.9 Å². The van der Waals surface area contributed by atoms with E-state index in [-0.39, 0.29) is 74.9 Å². The van der Waals surface area contributed by atoms with Gasteiger partial charge in [-0.25, -0.2) is 27.2 Å². The zero-order valence-corrected chi connectivity index (χ0v) is 26.0. The predicted molar refractivity (Wildman–Crippen MR) is 168 cm³/mol. The van der Waals surface area contributed by atoms with Crippen LogP contribution in [-0.4, -0.2) is 82.9 Å². The number of benzene rings is 1. The van der Waals surface area contributed by atoms with E-state index in [1.165, 1.54) is 42.6 Å². The summed E-state index contributed by atoms with van der Waals surface area (Å²) < 4.78 is 48.8. The van der Waals surface area contributed by atoms with Crippen molar-refractivity contribution in [3.05, 3.63) is 76.2 Å². The van der Waals surface area contributed by atoms with E-state index in [2.05, 4.69) is 16.5 Å². The monoisotopic (exact) mass is 653 g/mol. The van der Waals surface area contributed by atoms with Gasteiger partial charge in [-0.3, -0.25) is 9.78 Å². The maximum absolute atomic E-state index is 15.2. The van der Waals surface area contributed by atoms with Crippen LogP contribution in [0, 0.1) is 12.7 Å². The minimum absolute atomic E-state index is 0.0127. The molecule has 0 aliphatic carbocycles. The number of aryl methyl sites for hydroxylation is 1. The molecule has 234 valence electrons. The van der Waals surface area contributed by atoms with Crippen LogP contribution in [0.1, 0.15) is 12.6 Å². The molecule has 4 aromatic rings. The topological polar surface area (TPSA) is 154 Å². The Balaban J connectivity index is 1.66. The van der Waals surface area contributed by atoms with Crippen LogP contribution in [0.25, 0.3) is 28.0 Å². The first-order chi connectivity index (χ1) is 21.4. The van der Waals surface area contributed by atoms with E-state index < -0.39 is 26.6 Å². The molecule has 5 heterocycles. The lowest BCUT2D eigenvalue weighted by molar-refractivity contribution is -0.126. The molecule has 3 aromatic heterocycles. The molecule has 0 bridgehead atoms. The van der Waals surface area contributed by atoms with Gasteiger partial charge in [0.25, 0.3) is 0 Å². The number of fused-ring (bicyclic) bond motifs is 1. The van der Waals surface area contributed by atoms with E-state index >= 15 is 4.39 Å². The zero-order valence-electron chi connectivity index (χ0n) is 24.4. The third kappa shape index (κ3) is 5.12. The lowest BCUT2D eigenvalue weighted by Gasteiger charge is -2.40. The van der Waals surface area contributed by atoms with Gasteiger partial charge in [0, 0.05) is 37.6 Å². The largest absolute Gasteiger partial charge is 0.398 e.